The Hall–Kier alpha value is -3.41. The highest BCUT2D eigenvalue weighted by molar-refractivity contribution is 5.67. The third-order valence-corrected chi connectivity index (χ3v) is 19.2. The zero-order chi connectivity index (χ0) is 66.6. The lowest BCUT2D eigenvalue weighted by molar-refractivity contribution is -0.138. The molecule has 0 radical (unpaired) electrons. The maximum Gasteiger partial charge on any atom is 0.303 e. The lowest BCUT2D eigenvalue weighted by atomic mass is 9.65. The zero-order valence-corrected chi connectivity index (χ0v) is 61.2. The minimum Gasteiger partial charge on any atom is -0.481 e. The van der Waals surface area contributed by atoms with Crippen molar-refractivity contribution in [3.63, 3.8) is 0 Å². The van der Waals surface area contributed by atoms with Crippen LogP contribution in [-0.2, 0) is 14.4 Å². The van der Waals surface area contributed by atoms with Crippen molar-refractivity contribution in [1.29, 1.82) is 0 Å². The van der Waals surface area contributed by atoms with Crippen molar-refractivity contribution >= 4 is 17.9 Å². The third kappa shape index (κ3) is 61.2. The second-order valence-electron chi connectivity index (χ2n) is 27.4. The molecule has 0 amide bonds. The summed E-state index contributed by atoms with van der Waals surface area (Å²) in [5, 5.41) is 26.1. The van der Waals surface area contributed by atoms with Crippen molar-refractivity contribution in [2.75, 3.05) is 0 Å². The molecule has 532 valence electrons. The molecule has 7 atom stereocenters. The first kappa shape index (κ1) is 91.8. The van der Waals surface area contributed by atoms with Crippen LogP contribution in [0.4, 0.5) is 0 Å². The van der Waals surface area contributed by atoms with Crippen LogP contribution in [0.5, 0.6) is 0 Å². The lowest BCUT2D eigenvalue weighted by Crippen LogP contribution is -2.31. The van der Waals surface area contributed by atoms with Crippen LogP contribution in [0, 0.1) is 41.4 Å². The van der Waals surface area contributed by atoms with E-state index in [-0.39, 0.29) is 7.43 Å². The SMILES string of the molecule is C.CC=CC=CC(CCCCC)C(C=CC=CCCCCCCCC(=O)O)CCCCC.CC=CCC1C(CCCCCCCCC(=O)O)C=CC(CCCCC)C1CCCCC.CCCCCCCCC=C(CCCCCCCC(=O)O)C(C)CCCCCC. The predicted octanol–water partition coefficient (Wildman–Crippen LogP) is 28.5. The number of allylic oxidation sites excluding steroid dienone is 14. The smallest absolute Gasteiger partial charge is 0.303 e. The topological polar surface area (TPSA) is 112 Å². The highest BCUT2D eigenvalue weighted by atomic mass is 16.4. The Bertz CT molecular complexity index is 1780. The van der Waals surface area contributed by atoms with E-state index in [0.29, 0.717) is 31.1 Å². The fourth-order valence-electron chi connectivity index (χ4n) is 13.4. The molecule has 0 aliphatic heterocycles. The Labute approximate surface area is 567 Å². The Morgan fingerprint density at radius 3 is 1.21 bits per heavy atom. The monoisotopic (exact) mass is 1270 g/mol. The van der Waals surface area contributed by atoms with Gasteiger partial charge < -0.3 is 15.3 Å². The van der Waals surface area contributed by atoms with E-state index >= 15 is 0 Å². The van der Waals surface area contributed by atoms with Crippen molar-refractivity contribution in [2.24, 2.45) is 41.4 Å². The van der Waals surface area contributed by atoms with Crippen LogP contribution in [0.15, 0.2) is 84.6 Å². The van der Waals surface area contributed by atoms with Crippen molar-refractivity contribution in [1.82, 2.24) is 0 Å². The number of carboxylic acids is 3. The summed E-state index contributed by atoms with van der Waals surface area (Å²) in [6.45, 7) is 20.4. The Kier molecular flexibility index (Phi) is 73.0. The van der Waals surface area contributed by atoms with Gasteiger partial charge in [-0.1, -0.05) is 346 Å². The average Bonchev–Trinajstić information content (AvgIpc) is 1.02. The first-order valence-corrected chi connectivity index (χ1v) is 39.2. The van der Waals surface area contributed by atoms with Crippen LogP contribution in [0.25, 0.3) is 0 Å². The van der Waals surface area contributed by atoms with Gasteiger partial charge >= 0.3 is 17.9 Å². The standard InChI is InChI=1S/C29H52O2.C29H50O2.C26H50O2.CH4/c1-4-7-14-18-25-23-24-26(19-16-12-10-11-13-17-22-29(30)31)27(20-9-6-3)28(25)21-15-8-5-2;1-4-7-17-22-27(23-18-8-5-2)28(24-19-9-6-3)25-20-15-13-11-10-12-14-16-21-26-29(30)31;1-4-6-8-10-11-13-17-21-25(24(3)20-16-9-7-5-2)22-18-14-12-15-19-23-26(27)28;/h6,9,23-28H,4-5,7-8,10-22H2,1-3H3,(H,30,31);4,7,13,15,17,20,22,25,27-28H,5-6,8-12,14,16,18-19,21,23-24,26H2,1-3H3,(H,30,31);21,24H,4-20,22-23H2,1-3H3,(H,27,28);1H4. The summed E-state index contributed by atoms with van der Waals surface area (Å²) in [5.74, 6) is 3.25. The number of carbonyl (C=O) groups is 3. The number of rotatable bonds is 61. The number of hydrogen-bond acceptors (Lipinski definition) is 3. The summed E-state index contributed by atoms with van der Waals surface area (Å²) in [4.78, 5) is 31.7. The molecule has 7 unspecified atom stereocenters. The van der Waals surface area contributed by atoms with Crippen LogP contribution >= 0.6 is 0 Å². The lowest BCUT2D eigenvalue weighted by Gasteiger charge is -2.40. The van der Waals surface area contributed by atoms with Crippen molar-refractivity contribution < 1.29 is 29.7 Å². The quantitative estimate of drug-likeness (QED) is 0.0318. The second-order valence-corrected chi connectivity index (χ2v) is 27.4. The van der Waals surface area contributed by atoms with Gasteiger partial charge in [0.25, 0.3) is 0 Å². The van der Waals surface area contributed by atoms with Crippen molar-refractivity contribution in [3.8, 4) is 0 Å². The van der Waals surface area contributed by atoms with E-state index in [9.17, 15) is 14.4 Å². The zero-order valence-electron chi connectivity index (χ0n) is 61.2. The van der Waals surface area contributed by atoms with Crippen LogP contribution < -0.4 is 0 Å². The van der Waals surface area contributed by atoms with Gasteiger partial charge in [-0.05, 0) is 158 Å². The highest BCUT2D eigenvalue weighted by Crippen LogP contribution is 2.44. The summed E-state index contributed by atoms with van der Waals surface area (Å²) >= 11 is 0. The van der Waals surface area contributed by atoms with Crippen molar-refractivity contribution in [3.05, 3.63) is 84.6 Å². The predicted molar refractivity (Wildman–Crippen MR) is 404 cm³/mol. The van der Waals surface area contributed by atoms with Gasteiger partial charge in [-0.25, -0.2) is 0 Å². The van der Waals surface area contributed by atoms with Crippen molar-refractivity contribution in [2.45, 2.75) is 397 Å². The van der Waals surface area contributed by atoms with E-state index in [4.69, 9.17) is 15.3 Å². The number of hydrogen-bond donors (Lipinski definition) is 3. The molecule has 0 fully saturated rings. The molecule has 1 rings (SSSR count). The van der Waals surface area contributed by atoms with Gasteiger partial charge in [0.15, 0.2) is 0 Å². The molecule has 1 aliphatic rings. The Balaban J connectivity index is -0.00000127. The Morgan fingerprint density at radius 2 is 0.736 bits per heavy atom. The minimum atomic E-state index is -0.673. The molecule has 0 saturated carbocycles. The van der Waals surface area contributed by atoms with Gasteiger partial charge in [-0.15, -0.1) is 0 Å². The number of unbranched alkanes of at least 4 members (excludes halogenated alkanes) is 31. The van der Waals surface area contributed by atoms with E-state index in [0.717, 1.165) is 81.0 Å². The molecule has 6 nitrogen and oxygen atoms in total. The molecule has 0 spiro atoms. The van der Waals surface area contributed by atoms with E-state index in [1.54, 1.807) is 5.57 Å². The fourth-order valence-corrected chi connectivity index (χ4v) is 13.4. The van der Waals surface area contributed by atoms with Crippen LogP contribution in [0.2, 0.25) is 0 Å². The molecule has 6 heteroatoms. The molecule has 0 heterocycles. The molecule has 1 aliphatic carbocycles. The maximum absolute atomic E-state index is 10.6. The normalized spacial score (nSPS) is 17.0. The number of carboxylic acid groups (broad SMARTS) is 3. The summed E-state index contributed by atoms with van der Waals surface area (Å²) in [6.07, 6.45) is 92.3. The van der Waals surface area contributed by atoms with Gasteiger partial charge in [-0.2, -0.15) is 0 Å². The molecular formula is C85H156O6. The molecule has 0 aromatic heterocycles. The molecular weight excluding hydrogens is 1120 g/mol. The highest BCUT2D eigenvalue weighted by Gasteiger charge is 2.34. The van der Waals surface area contributed by atoms with Gasteiger partial charge in [-0.3, -0.25) is 14.4 Å². The van der Waals surface area contributed by atoms with Gasteiger partial charge in [0.05, 0.1) is 0 Å². The number of aliphatic carboxylic acids is 3. The minimum absolute atomic E-state index is 0. The molecule has 0 saturated heterocycles. The third-order valence-electron chi connectivity index (χ3n) is 19.2. The van der Waals surface area contributed by atoms with E-state index in [1.165, 1.54) is 257 Å². The van der Waals surface area contributed by atoms with Gasteiger partial charge in [0.1, 0.15) is 0 Å². The van der Waals surface area contributed by atoms with E-state index in [1.807, 2.05) is 0 Å². The van der Waals surface area contributed by atoms with Crippen LogP contribution in [0.1, 0.15) is 397 Å². The molecule has 0 bridgehead atoms. The van der Waals surface area contributed by atoms with E-state index in [2.05, 4.69) is 141 Å². The second kappa shape index (κ2) is 72.4. The summed E-state index contributed by atoms with van der Waals surface area (Å²) in [7, 11) is 0. The maximum atomic E-state index is 10.6. The summed E-state index contributed by atoms with van der Waals surface area (Å²) < 4.78 is 0. The largest absolute Gasteiger partial charge is 0.481 e. The summed E-state index contributed by atoms with van der Waals surface area (Å²) in [5.41, 5.74) is 1.70. The molecule has 0 aromatic carbocycles. The molecule has 91 heavy (non-hydrogen) atoms. The van der Waals surface area contributed by atoms with Crippen LogP contribution in [0.3, 0.4) is 0 Å². The fraction of sp³-hybridized carbons (Fsp3) is 0.800. The average molecular weight is 1270 g/mol. The molecule has 3 N–H and O–H groups in total. The first-order valence-electron chi connectivity index (χ1n) is 39.2. The molecule has 0 aromatic rings. The summed E-state index contributed by atoms with van der Waals surface area (Å²) in [6, 6.07) is 0. The van der Waals surface area contributed by atoms with Gasteiger partial charge in [0.2, 0.25) is 0 Å². The first-order chi connectivity index (χ1) is 43.9. The van der Waals surface area contributed by atoms with E-state index < -0.39 is 17.9 Å². The van der Waals surface area contributed by atoms with Gasteiger partial charge in [0, 0.05) is 19.3 Å². The Morgan fingerprint density at radius 1 is 0.374 bits per heavy atom. The van der Waals surface area contributed by atoms with Crippen LogP contribution in [-0.4, -0.2) is 33.2 Å².